The molecule has 0 radical (unpaired) electrons. The number of halogens is 1. The minimum atomic E-state index is -3.55. The maximum atomic E-state index is 12.6. The number of carbonyl (C=O) groups excluding carboxylic acids is 1. The Kier molecular flexibility index (Phi) is 4.37. The summed E-state index contributed by atoms with van der Waals surface area (Å²) in [5, 5.41) is -0.521. The number of ketones is 1. The van der Waals surface area contributed by atoms with Crippen molar-refractivity contribution in [3.63, 3.8) is 0 Å². The van der Waals surface area contributed by atoms with E-state index in [1.165, 1.54) is 0 Å². The predicted molar refractivity (Wildman–Crippen MR) is 92.4 cm³/mol. The van der Waals surface area contributed by atoms with E-state index in [9.17, 15) is 13.2 Å². The van der Waals surface area contributed by atoms with E-state index < -0.39 is 23.5 Å². The Balaban J connectivity index is 2.25. The van der Waals surface area contributed by atoms with Crippen LogP contribution in [0.2, 0.25) is 23.2 Å². The lowest BCUT2D eigenvalue weighted by Gasteiger charge is -2.51. The normalized spacial score (nSPS) is 22.2. The highest BCUT2D eigenvalue weighted by Gasteiger charge is 2.58. The fourth-order valence-corrected chi connectivity index (χ4v) is 8.90. The van der Waals surface area contributed by atoms with Crippen LogP contribution in [0.1, 0.15) is 31.1 Å². The lowest BCUT2D eigenvalue weighted by molar-refractivity contribution is 0.0971. The van der Waals surface area contributed by atoms with Crippen LogP contribution >= 0.6 is 11.6 Å². The van der Waals surface area contributed by atoms with Gasteiger partial charge in [-0.15, -0.1) is 0 Å². The highest BCUT2D eigenvalue weighted by molar-refractivity contribution is 7.93. The van der Waals surface area contributed by atoms with Gasteiger partial charge >= 0.3 is 0 Å². The standard InChI is InChI=1S/C15H22ClNO3SSi/c1-15(2,3)22(4,5)17-10-13(21(17,19)20)14(18)11-6-8-12(16)9-7-11/h6-9,13H,10H2,1-5H3. The molecule has 0 aliphatic carbocycles. The lowest BCUT2D eigenvalue weighted by Crippen LogP contribution is -2.70. The summed E-state index contributed by atoms with van der Waals surface area (Å²) >= 11 is 5.80. The third-order valence-corrected chi connectivity index (χ3v) is 14.2. The molecule has 0 bridgehead atoms. The number of rotatable bonds is 3. The van der Waals surface area contributed by atoms with Crippen molar-refractivity contribution in [1.82, 2.24) is 3.97 Å². The second-order valence-electron chi connectivity index (χ2n) is 7.24. The average molecular weight is 360 g/mol. The van der Waals surface area contributed by atoms with Crippen molar-refractivity contribution in [3.8, 4) is 0 Å². The number of sulfonamides is 1. The van der Waals surface area contributed by atoms with Gasteiger partial charge in [0.25, 0.3) is 0 Å². The van der Waals surface area contributed by atoms with Crippen molar-refractivity contribution in [2.45, 2.75) is 44.2 Å². The minimum Gasteiger partial charge on any atom is -0.293 e. The van der Waals surface area contributed by atoms with Crippen LogP contribution < -0.4 is 0 Å². The molecule has 22 heavy (non-hydrogen) atoms. The fourth-order valence-electron chi connectivity index (χ4n) is 2.36. The summed E-state index contributed by atoms with van der Waals surface area (Å²) in [7, 11) is -5.73. The molecular formula is C15H22ClNO3SSi. The van der Waals surface area contributed by atoms with Crippen molar-refractivity contribution < 1.29 is 13.2 Å². The molecule has 0 saturated carbocycles. The van der Waals surface area contributed by atoms with Gasteiger partial charge in [-0.05, 0) is 29.3 Å². The summed E-state index contributed by atoms with van der Waals surface area (Å²) in [4.78, 5) is 12.4. The summed E-state index contributed by atoms with van der Waals surface area (Å²) in [6.07, 6.45) is 0. The number of carbonyl (C=O) groups is 1. The van der Waals surface area contributed by atoms with E-state index in [2.05, 4.69) is 20.8 Å². The molecule has 1 aromatic rings. The van der Waals surface area contributed by atoms with Gasteiger partial charge in [0.1, 0.15) is 8.24 Å². The molecule has 1 fully saturated rings. The zero-order valence-electron chi connectivity index (χ0n) is 13.6. The molecule has 0 spiro atoms. The molecule has 1 aliphatic heterocycles. The molecule has 1 aromatic carbocycles. The van der Waals surface area contributed by atoms with Gasteiger partial charge in [0.15, 0.2) is 11.0 Å². The number of hydrogen-bond acceptors (Lipinski definition) is 3. The first-order valence-corrected chi connectivity index (χ1v) is 12.0. The fraction of sp³-hybridized carbons (Fsp3) is 0.533. The Morgan fingerprint density at radius 2 is 1.73 bits per heavy atom. The molecule has 2 rings (SSSR count). The molecule has 122 valence electrons. The van der Waals surface area contributed by atoms with E-state index in [1.54, 1.807) is 28.2 Å². The summed E-state index contributed by atoms with van der Waals surface area (Å²) in [6, 6.07) is 6.36. The summed E-state index contributed by atoms with van der Waals surface area (Å²) < 4.78 is 26.9. The summed E-state index contributed by atoms with van der Waals surface area (Å²) in [5.74, 6) is -0.341. The van der Waals surface area contributed by atoms with Crippen LogP contribution in [0.5, 0.6) is 0 Å². The molecule has 1 aliphatic rings. The molecule has 0 aromatic heterocycles. The molecule has 0 N–H and O–H groups in total. The smallest absolute Gasteiger partial charge is 0.219 e. The van der Waals surface area contributed by atoms with Gasteiger partial charge in [-0.3, -0.25) is 4.79 Å². The first-order valence-electron chi connectivity index (χ1n) is 7.20. The maximum Gasteiger partial charge on any atom is 0.219 e. The van der Waals surface area contributed by atoms with Crippen molar-refractivity contribution in [3.05, 3.63) is 34.9 Å². The van der Waals surface area contributed by atoms with Crippen LogP contribution in [0.3, 0.4) is 0 Å². The van der Waals surface area contributed by atoms with E-state index in [-0.39, 0.29) is 10.8 Å². The molecule has 1 heterocycles. The monoisotopic (exact) mass is 359 g/mol. The zero-order chi connectivity index (χ0) is 16.9. The largest absolute Gasteiger partial charge is 0.293 e. The molecule has 1 atom stereocenters. The van der Waals surface area contributed by atoms with Gasteiger partial charge in [0.05, 0.1) is 0 Å². The molecule has 1 unspecified atom stereocenters. The van der Waals surface area contributed by atoms with Crippen LogP contribution in [0.15, 0.2) is 24.3 Å². The van der Waals surface area contributed by atoms with Crippen molar-refractivity contribution in [1.29, 1.82) is 0 Å². The van der Waals surface area contributed by atoms with Crippen molar-refractivity contribution >= 4 is 35.6 Å². The maximum absolute atomic E-state index is 12.6. The van der Waals surface area contributed by atoms with Gasteiger partial charge in [0, 0.05) is 17.1 Å². The number of nitrogens with zero attached hydrogens (tertiary/aromatic N) is 1. The Hall–Kier alpha value is -0.693. The van der Waals surface area contributed by atoms with Crippen molar-refractivity contribution in [2.24, 2.45) is 0 Å². The minimum absolute atomic E-state index is 0.0889. The topological polar surface area (TPSA) is 54.5 Å². The predicted octanol–water partition coefficient (Wildman–Crippen LogP) is 3.54. The Morgan fingerprint density at radius 3 is 2.14 bits per heavy atom. The quantitative estimate of drug-likeness (QED) is 0.612. The van der Waals surface area contributed by atoms with Gasteiger partial charge in [-0.25, -0.2) is 12.4 Å². The van der Waals surface area contributed by atoms with Crippen LogP contribution in [-0.2, 0) is 10.0 Å². The number of Topliss-reactive ketones (excluding diaryl/α,β-unsaturated/α-hetero) is 1. The lowest BCUT2D eigenvalue weighted by atomic mass is 10.1. The van der Waals surface area contributed by atoms with Gasteiger partial charge in [-0.2, -0.15) is 0 Å². The second-order valence-corrected chi connectivity index (χ2v) is 15.2. The van der Waals surface area contributed by atoms with E-state index in [0.29, 0.717) is 17.1 Å². The van der Waals surface area contributed by atoms with Crippen LogP contribution in [0.25, 0.3) is 0 Å². The zero-order valence-corrected chi connectivity index (χ0v) is 16.1. The van der Waals surface area contributed by atoms with Crippen LogP contribution in [-0.4, -0.2) is 38.2 Å². The van der Waals surface area contributed by atoms with Gasteiger partial charge in [0.2, 0.25) is 10.0 Å². The first-order chi connectivity index (χ1) is 9.89. The van der Waals surface area contributed by atoms with Gasteiger partial charge in [-0.1, -0.05) is 45.5 Å². The van der Waals surface area contributed by atoms with Gasteiger partial charge < -0.3 is 0 Å². The Bertz CT molecular complexity index is 692. The third-order valence-electron chi connectivity index (χ3n) is 4.88. The Morgan fingerprint density at radius 1 is 1.23 bits per heavy atom. The van der Waals surface area contributed by atoms with E-state index >= 15 is 0 Å². The second kappa shape index (κ2) is 5.44. The third kappa shape index (κ3) is 2.77. The molecular weight excluding hydrogens is 338 g/mol. The van der Waals surface area contributed by atoms with E-state index in [0.717, 1.165) is 0 Å². The highest BCUT2D eigenvalue weighted by Crippen LogP contribution is 2.44. The highest BCUT2D eigenvalue weighted by atomic mass is 35.5. The van der Waals surface area contributed by atoms with Crippen LogP contribution in [0, 0.1) is 0 Å². The number of hydrogen-bond donors (Lipinski definition) is 0. The van der Waals surface area contributed by atoms with Crippen LogP contribution in [0.4, 0.5) is 0 Å². The van der Waals surface area contributed by atoms with Crippen molar-refractivity contribution in [2.75, 3.05) is 6.54 Å². The van der Waals surface area contributed by atoms with E-state index in [4.69, 9.17) is 11.6 Å². The molecule has 4 nitrogen and oxygen atoms in total. The first kappa shape index (κ1) is 17.7. The average Bonchev–Trinajstić information content (AvgIpc) is 2.36. The number of benzene rings is 1. The SMILES string of the molecule is CC(C)(C)[Si](C)(C)N1CC(C(=O)c2ccc(Cl)cc2)S1(=O)=O. The van der Waals surface area contributed by atoms with E-state index in [1.807, 2.05) is 13.1 Å². The Labute approximate surface area is 138 Å². The summed E-state index contributed by atoms with van der Waals surface area (Å²) in [6.45, 7) is 10.5. The molecule has 7 heteroatoms. The molecule has 1 saturated heterocycles. The summed E-state index contributed by atoms with van der Waals surface area (Å²) in [5.41, 5.74) is 0.396. The molecule has 0 amide bonds.